The van der Waals surface area contributed by atoms with Crippen molar-refractivity contribution in [3.05, 3.63) is 163 Å². The first-order chi connectivity index (χ1) is 27.5. The number of aromatic nitrogens is 3. The van der Waals surface area contributed by atoms with Crippen LogP contribution in [-0.4, -0.2) is 14.5 Å². The molecule has 0 bridgehead atoms. The fraction of sp³-hybridized carbons (Fsp3) is 0.0588. The summed E-state index contributed by atoms with van der Waals surface area (Å²) >= 11 is 3.60. The van der Waals surface area contributed by atoms with Crippen LogP contribution >= 0.6 is 22.7 Å². The van der Waals surface area contributed by atoms with E-state index in [0.717, 1.165) is 32.5 Å². The topological polar surface area (TPSA) is 30.7 Å². The predicted octanol–water partition coefficient (Wildman–Crippen LogP) is 14.6. The second-order valence-corrected chi connectivity index (χ2v) is 17.9. The molecule has 0 unspecified atom stereocenters. The third-order valence-electron chi connectivity index (χ3n) is 12.4. The van der Waals surface area contributed by atoms with Crippen LogP contribution in [0.5, 0.6) is 0 Å². The average molecular weight is 750 g/mol. The Bertz CT molecular complexity index is 3690. The Morgan fingerprint density at radius 3 is 2.02 bits per heavy atom. The molecule has 0 spiro atoms. The molecule has 8 aromatic carbocycles. The summed E-state index contributed by atoms with van der Waals surface area (Å²) in [6.07, 6.45) is 0. The first kappa shape index (κ1) is 30.9. The van der Waals surface area contributed by atoms with Gasteiger partial charge in [0.25, 0.3) is 0 Å². The van der Waals surface area contributed by atoms with Gasteiger partial charge in [-0.2, -0.15) is 0 Å². The minimum Gasteiger partial charge on any atom is -0.278 e. The number of hydrogen-bond donors (Lipinski definition) is 0. The molecule has 5 heteroatoms. The largest absolute Gasteiger partial charge is 0.278 e. The van der Waals surface area contributed by atoms with E-state index in [4.69, 9.17) is 9.97 Å². The molecule has 0 fully saturated rings. The van der Waals surface area contributed by atoms with Gasteiger partial charge in [0, 0.05) is 57.4 Å². The monoisotopic (exact) mass is 749 g/mol. The van der Waals surface area contributed by atoms with Gasteiger partial charge in [-0.1, -0.05) is 123 Å². The van der Waals surface area contributed by atoms with Crippen molar-refractivity contribution in [1.82, 2.24) is 14.5 Å². The van der Waals surface area contributed by atoms with E-state index in [0.29, 0.717) is 5.95 Å². The van der Waals surface area contributed by atoms with E-state index in [1.54, 1.807) is 11.3 Å². The molecule has 13 rings (SSSR count). The Labute approximate surface area is 329 Å². The van der Waals surface area contributed by atoms with Crippen molar-refractivity contribution in [2.45, 2.75) is 19.3 Å². The van der Waals surface area contributed by atoms with Crippen molar-refractivity contribution in [2.75, 3.05) is 0 Å². The van der Waals surface area contributed by atoms with Crippen LogP contribution in [0.4, 0.5) is 0 Å². The van der Waals surface area contributed by atoms with Gasteiger partial charge >= 0.3 is 0 Å². The van der Waals surface area contributed by atoms with E-state index in [-0.39, 0.29) is 5.41 Å². The molecule has 3 nitrogen and oxygen atoms in total. The highest BCUT2D eigenvalue weighted by molar-refractivity contribution is 7.26. The van der Waals surface area contributed by atoms with Crippen molar-refractivity contribution in [3.63, 3.8) is 0 Å². The summed E-state index contributed by atoms with van der Waals surface area (Å²) in [5.41, 5.74) is 9.65. The number of nitrogens with zero attached hydrogens (tertiary/aromatic N) is 3. The summed E-state index contributed by atoms with van der Waals surface area (Å²) in [6.45, 7) is 4.76. The van der Waals surface area contributed by atoms with E-state index >= 15 is 0 Å². The molecule has 0 saturated carbocycles. The summed E-state index contributed by atoms with van der Waals surface area (Å²) in [7, 11) is 0. The van der Waals surface area contributed by atoms with Gasteiger partial charge in [-0.15, -0.1) is 22.7 Å². The molecular weight excluding hydrogens is 719 g/mol. The van der Waals surface area contributed by atoms with Gasteiger partial charge in [0.2, 0.25) is 5.95 Å². The third kappa shape index (κ3) is 4.06. The molecule has 0 aliphatic heterocycles. The quantitative estimate of drug-likeness (QED) is 0.176. The molecule has 1 aliphatic carbocycles. The first-order valence-electron chi connectivity index (χ1n) is 19.1. The molecule has 12 aromatic rings. The summed E-state index contributed by atoms with van der Waals surface area (Å²) in [5.74, 6) is 0.694. The Balaban J connectivity index is 1.14. The molecule has 4 heterocycles. The van der Waals surface area contributed by atoms with Crippen molar-refractivity contribution in [2.24, 2.45) is 0 Å². The van der Waals surface area contributed by atoms with E-state index in [1.165, 1.54) is 84.8 Å². The van der Waals surface area contributed by atoms with Crippen LogP contribution in [0.25, 0.3) is 112 Å². The zero-order chi connectivity index (χ0) is 36.9. The SMILES string of the molecule is CC1(C)c2ccccc2-c2ccc3cc4c(cc3c21)c1cc2ccccc2cc1n4-c1nc(-c2ccc3c(c2)sc2ccccc23)c2c(n1)sc1ccccc12. The van der Waals surface area contributed by atoms with Gasteiger partial charge in [0.05, 0.1) is 16.7 Å². The lowest BCUT2D eigenvalue weighted by Gasteiger charge is -2.23. The molecule has 4 aromatic heterocycles. The third-order valence-corrected chi connectivity index (χ3v) is 14.6. The highest BCUT2D eigenvalue weighted by Crippen LogP contribution is 2.52. The normalized spacial score (nSPS) is 13.7. The molecule has 0 atom stereocenters. The number of fused-ring (bicyclic) bond motifs is 15. The van der Waals surface area contributed by atoms with Gasteiger partial charge < -0.3 is 0 Å². The minimum absolute atomic E-state index is 0.121. The van der Waals surface area contributed by atoms with Gasteiger partial charge in [0.1, 0.15) is 4.83 Å². The minimum atomic E-state index is -0.121. The summed E-state index contributed by atoms with van der Waals surface area (Å²) < 4.78 is 6.12. The summed E-state index contributed by atoms with van der Waals surface area (Å²) in [5, 5.41) is 12.3. The fourth-order valence-electron chi connectivity index (χ4n) is 9.82. The van der Waals surface area contributed by atoms with Crippen LogP contribution in [0.1, 0.15) is 25.0 Å². The number of benzene rings is 8. The summed E-state index contributed by atoms with van der Waals surface area (Å²) in [4.78, 5) is 12.1. The van der Waals surface area contributed by atoms with Gasteiger partial charge in [-0.25, -0.2) is 9.97 Å². The van der Waals surface area contributed by atoms with Gasteiger partial charge in [-0.05, 0) is 86.3 Å². The van der Waals surface area contributed by atoms with Gasteiger partial charge in [-0.3, -0.25) is 4.57 Å². The Kier molecular flexibility index (Phi) is 6.00. The van der Waals surface area contributed by atoms with Gasteiger partial charge in [0.15, 0.2) is 0 Å². The standard InChI is InChI=1S/C51H31N3S2/c1-51(2)40-16-8-5-13-32(40)35-22-19-30-25-42-39(27-37(30)47(35)51)38-23-28-11-3-4-12-29(28)24-41(38)54(42)50-52-48(46-36-15-7-10-18-44(36)56-49(46)53-50)31-20-21-34-33-14-6-9-17-43(33)55-45(34)26-31/h3-27H,1-2H3. The molecule has 0 radical (unpaired) electrons. The highest BCUT2D eigenvalue weighted by atomic mass is 32.1. The zero-order valence-corrected chi connectivity index (χ0v) is 32.2. The maximum atomic E-state index is 5.63. The Morgan fingerprint density at radius 2 is 1.16 bits per heavy atom. The van der Waals surface area contributed by atoms with Crippen molar-refractivity contribution in [3.8, 4) is 28.3 Å². The molecule has 56 heavy (non-hydrogen) atoms. The average Bonchev–Trinajstić information content (AvgIpc) is 3.95. The number of rotatable bonds is 2. The zero-order valence-electron chi connectivity index (χ0n) is 30.6. The molecule has 0 N–H and O–H groups in total. The lowest BCUT2D eigenvalue weighted by Crippen LogP contribution is -2.15. The van der Waals surface area contributed by atoms with E-state index in [2.05, 4.69) is 170 Å². The fourth-order valence-corrected chi connectivity index (χ4v) is 12.0. The van der Waals surface area contributed by atoms with Crippen molar-refractivity contribution >= 4 is 106 Å². The molecule has 262 valence electrons. The molecular formula is C51H31N3S2. The van der Waals surface area contributed by atoms with Crippen LogP contribution in [0, 0.1) is 0 Å². The van der Waals surface area contributed by atoms with E-state index in [1.807, 2.05) is 11.3 Å². The van der Waals surface area contributed by atoms with Crippen LogP contribution in [0.15, 0.2) is 152 Å². The van der Waals surface area contributed by atoms with Crippen molar-refractivity contribution < 1.29 is 0 Å². The molecule has 0 amide bonds. The molecule has 0 saturated heterocycles. The second-order valence-electron chi connectivity index (χ2n) is 15.8. The summed E-state index contributed by atoms with van der Waals surface area (Å²) in [6, 6.07) is 56.0. The number of thiophene rings is 2. The van der Waals surface area contributed by atoms with Crippen LogP contribution in [-0.2, 0) is 5.41 Å². The maximum Gasteiger partial charge on any atom is 0.236 e. The van der Waals surface area contributed by atoms with Crippen LogP contribution in [0.3, 0.4) is 0 Å². The second kappa shape index (κ2) is 10.9. The van der Waals surface area contributed by atoms with E-state index < -0.39 is 0 Å². The molecule has 1 aliphatic rings. The van der Waals surface area contributed by atoms with Crippen LogP contribution < -0.4 is 0 Å². The Morgan fingerprint density at radius 1 is 0.482 bits per heavy atom. The van der Waals surface area contributed by atoms with Crippen molar-refractivity contribution in [1.29, 1.82) is 0 Å². The highest BCUT2D eigenvalue weighted by Gasteiger charge is 2.37. The predicted molar refractivity (Wildman–Crippen MR) is 240 cm³/mol. The lowest BCUT2D eigenvalue weighted by molar-refractivity contribution is 0.666. The maximum absolute atomic E-state index is 5.63. The van der Waals surface area contributed by atoms with Crippen LogP contribution in [0.2, 0.25) is 0 Å². The number of hydrogen-bond acceptors (Lipinski definition) is 4. The Hall–Kier alpha value is -6.40. The smallest absolute Gasteiger partial charge is 0.236 e. The lowest BCUT2D eigenvalue weighted by atomic mass is 9.80. The first-order valence-corrected chi connectivity index (χ1v) is 20.8. The van der Waals surface area contributed by atoms with E-state index in [9.17, 15) is 0 Å².